The lowest BCUT2D eigenvalue weighted by Crippen LogP contribution is -2.50. The van der Waals surface area contributed by atoms with E-state index in [0.29, 0.717) is 24.3 Å². The molecule has 1 aliphatic rings. The van der Waals surface area contributed by atoms with E-state index in [4.69, 9.17) is 9.47 Å². The minimum absolute atomic E-state index is 0.538. The number of carbonyl (C=O) groups is 1. The fourth-order valence-electron chi connectivity index (χ4n) is 2.38. The van der Waals surface area contributed by atoms with Crippen LogP contribution in [-0.4, -0.2) is 28.8 Å². The van der Waals surface area contributed by atoms with Crippen molar-refractivity contribution < 1.29 is 19.4 Å². The normalized spacial score (nSPS) is 16.4. The first-order valence-electron chi connectivity index (χ1n) is 6.50. The average Bonchev–Trinajstić information content (AvgIpc) is 2.42. The molecule has 0 unspecified atom stereocenters. The summed E-state index contributed by atoms with van der Waals surface area (Å²) in [5.74, 6) is 0.320. The molecular formula is C15H15NO4. The molecule has 20 heavy (non-hydrogen) atoms. The van der Waals surface area contributed by atoms with E-state index < -0.39 is 11.6 Å². The van der Waals surface area contributed by atoms with Crippen molar-refractivity contribution in [2.45, 2.75) is 24.9 Å². The number of nitrogens with zero attached hydrogens (tertiary/aromatic N) is 1. The van der Waals surface area contributed by atoms with Gasteiger partial charge in [-0.1, -0.05) is 0 Å². The van der Waals surface area contributed by atoms with E-state index in [2.05, 4.69) is 4.98 Å². The van der Waals surface area contributed by atoms with Crippen molar-refractivity contribution in [3.05, 3.63) is 30.5 Å². The molecule has 0 aliphatic heterocycles. The Morgan fingerprint density at radius 2 is 2.15 bits per heavy atom. The smallest absolute Gasteiger partial charge is 0.348 e. The minimum atomic E-state index is -1.09. The molecule has 0 bridgehead atoms. The van der Waals surface area contributed by atoms with E-state index in [-0.39, 0.29) is 0 Å². The molecule has 1 heterocycles. The van der Waals surface area contributed by atoms with Crippen LogP contribution in [0.1, 0.15) is 19.3 Å². The lowest BCUT2D eigenvalue weighted by Gasteiger charge is -2.37. The lowest BCUT2D eigenvalue weighted by molar-refractivity contribution is -0.163. The van der Waals surface area contributed by atoms with E-state index in [1.807, 2.05) is 18.2 Å². The highest BCUT2D eigenvalue weighted by Crippen LogP contribution is 2.39. The standard InChI is InChI=1S/C15H15NO4/c1-19-10-3-4-12-11(9-10)13(5-8-16-12)20-15(14(17)18)6-2-7-15/h3-5,8-9H,2,6-7H2,1H3,(H,17,18). The van der Waals surface area contributed by atoms with Crippen LogP contribution in [0.4, 0.5) is 0 Å². The van der Waals surface area contributed by atoms with E-state index in [9.17, 15) is 9.90 Å². The van der Waals surface area contributed by atoms with Crippen LogP contribution in [0.3, 0.4) is 0 Å². The summed E-state index contributed by atoms with van der Waals surface area (Å²) in [5.41, 5.74) is -0.333. The van der Waals surface area contributed by atoms with Crippen LogP contribution in [0.25, 0.3) is 10.9 Å². The molecule has 3 rings (SSSR count). The van der Waals surface area contributed by atoms with Crippen LogP contribution in [-0.2, 0) is 4.79 Å². The molecule has 0 atom stereocenters. The number of ether oxygens (including phenoxy) is 2. The first-order chi connectivity index (χ1) is 9.64. The van der Waals surface area contributed by atoms with Gasteiger partial charge in [0.1, 0.15) is 11.5 Å². The van der Waals surface area contributed by atoms with Crippen LogP contribution >= 0.6 is 0 Å². The van der Waals surface area contributed by atoms with Crippen LogP contribution in [0.15, 0.2) is 30.5 Å². The quantitative estimate of drug-likeness (QED) is 0.927. The predicted molar refractivity (Wildman–Crippen MR) is 73.1 cm³/mol. The van der Waals surface area contributed by atoms with E-state index in [1.54, 1.807) is 19.4 Å². The summed E-state index contributed by atoms with van der Waals surface area (Å²) in [6.45, 7) is 0. The number of hydrogen-bond acceptors (Lipinski definition) is 4. The van der Waals surface area contributed by atoms with Gasteiger partial charge in [0.05, 0.1) is 12.6 Å². The van der Waals surface area contributed by atoms with Gasteiger partial charge < -0.3 is 14.6 Å². The molecule has 5 heteroatoms. The zero-order valence-corrected chi connectivity index (χ0v) is 11.1. The highest BCUT2D eigenvalue weighted by Gasteiger charge is 2.47. The molecule has 104 valence electrons. The maximum Gasteiger partial charge on any atom is 0.348 e. The van der Waals surface area contributed by atoms with E-state index >= 15 is 0 Å². The molecular weight excluding hydrogens is 258 g/mol. The van der Waals surface area contributed by atoms with Crippen molar-refractivity contribution in [3.63, 3.8) is 0 Å². The summed E-state index contributed by atoms with van der Waals surface area (Å²) in [6.07, 6.45) is 3.57. The van der Waals surface area contributed by atoms with Gasteiger partial charge in [-0.3, -0.25) is 4.98 Å². The first kappa shape index (κ1) is 12.7. The molecule has 0 saturated heterocycles. The molecule has 2 aromatic rings. The van der Waals surface area contributed by atoms with Gasteiger partial charge in [-0.05, 0) is 43.5 Å². The second-order valence-corrected chi connectivity index (χ2v) is 4.95. The van der Waals surface area contributed by atoms with Crippen LogP contribution in [0, 0.1) is 0 Å². The van der Waals surface area contributed by atoms with Crippen molar-refractivity contribution >= 4 is 16.9 Å². The maximum absolute atomic E-state index is 11.4. The summed E-state index contributed by atoms with van der Waals surface area (Å²) in [6, 6.07) is 7.15. The minimum Gasteiger partial charge on any atom is -0.497 e. The number of carboxylic acid groups (broad SMARTS) is 1. The van der Waals surface area contributed by atoms with Crippen molar-refractivity contribution in [1.82, 2.24) is 4.98 Å². The Hall–Kier alpha value is -2.30. The van der Waals surface area contributed by atoms with Gasteiger partial charge in [0.2, 0.25) is 5.60 Å². The Kier molecular flexibility index (Phi) is 2.97. The Morgan fingerprint density at radius 3 is 2.75 bits per heavy atom. The fourth-order valence-corrected chi connectivity index (χ4v) is 2.38. The number of aliphatic carboxylic acids is 1. The number of rotatable bonds is 4. The zero-order valence-electron chi connectivity index (χ0n) is 11.1. The largest absolute Gasteiger partial charge is 0.497 e. The number of fused-ring (bicyclic) bond motifs is 1. The molecule has 1 fully saturated rings. The number of benzene rings is 1. The number of pyridine rings is 1. The van der Waals surface area contributed by atoms with Crippen LogP contribution in [0.2, 0.25) is 0 Å². The van der Waals surface area contributed by atoms with Gasteiger partial charge in [-0.25, -0.2) is 4.79 Å². The Balaban J connectivity index is 2.04. The molecule has 1 aromatic carbocycles. The highest BCUT2D eigenvalue weighted by molar-refractivity contribution is 5.87. The van der Waals surface area contributed by atoms with Crippen molar-refractivity contribution in [3.8, 4) is 11.5 Å². The van der Waals surface area contributed by atoms with E-state index in [0.717, 1.165) is 17.3 Å². The van der Waals surface area contributed by atoms with Gasteiger partial charge in [-0.15, -0.1) is 0 Å². The lowest BCUT2D eigenvalue weighted by atomic mass is 9.80. The molecule has 0 radical (unpaired) electrons. The zero-order chi connectivity index (χ0) is 14.2. The van der Waals surface area contributed by atoms with Gasteiger partial charge >= 0.3 is 5.97 Å². The average molecular weight is 273 g/mol. The van der Waals surface area contributed by atoms with Gasteiger partial charge in [0, 0.05) is 11.6 Å². The third-order valence-electron chi connectivity index (χ3n) is 3.77. The first-order valence-corrected chi connectivity index (χ1v) is 6.50. The Labute approximate surface area is 116 Å². The molecule has 5 nitrogen and oxygen atoms in total. The summed E-state index contributed by atoms with van der Waals surface area (Å²) < 4.78 is 11.0. The second-order valence-electron chi connectivity index (χ2n) is 4.95. The molecule has 1 aromatic heterocycles. The van der Waals surface area contributed by atoms with Crippen molar-refractivity contribution in [2.75, 3.05) is 7.11 Å². The van der Waals surface area contributed by atoms with Crippen LogP contribution in [0.5, 0.6) is 11.5 Å². The topological polar surface area (TPSA) is 68.7 Å². The summed E-state index contributed by atoms with van der Waals surface area (Å²) >= 11 is 0. The highest BCUT2D eigenvalue weighted by atomic mass is 16.5. The van der Waals surface area contributed by atoms with Gasteiger partial charge in [0.15, 0.2) is 0 Å². The Morgan fingerprint density at radius 1 is 1.35 bits per heavy atom. The van der Waals surface area contributed by atoms with Gasteiger partial charge in [0.25, 0.3) is 0 Å². The Bertz CT molecular complexity index is 664. The molecule has 1 aliphatic carbocycles. The third kappa shape index (κ3) is 1.95. The molecule has 1 saturated carbocycles. The van der Waals surface area contributed by atoms with Crippen molar-refractivity contribution in [2.24, 2.45) is 0 Å². The van der Waals surface area contributed by atoms with Crippen LogP contribution < -0.4 is 9.47 Å². The molecule has 1 N–H and O–H groups in total. The van der Waals surface area contributed by atoms with E-state index in [1.165, 1.54) is 0 Å². The van der Waals surface area contributed by atoms with Gasteiger partial charge in [-0.2, -0.15) is 0 Å². The number of methoxy groups -OCH3 is 1. The second kappa shape index (κ2) is 4.67. The molecule has 0 spiro atoms. The number of carboxylic acids is 1. The summed E-state index contributed by atoms with van der Waals surface area (Å²) in [7, 11) is 1.59. The summed E-state index contributed by atoms with van der Waals surface area (Å²) in [5, 5.41) is 10.1. The summed E-state index contributed by atoms with van der Waals surface area (Å²) in [4.78, 5) is 15.7. The SMILES string of the molecule is COc1ccc2nccc(OC3(C(=O)O)CCC3)c2c1. The predicted octanol–water partition coefficient (Wildman–Crippen LogP) is 2.63. The number of hydrogen-bond donors (Lipinski definition) is 1. The third-order valence-corrected chi connectivity index (χ3v) is 3.77. The molecule has 0 amide bonds. The number of aromatic nitrogens is 1. The van der Waals surface area contributed by atoms with Crippen molar-refractivity contribution in [1.29, 1.82) is 0 Å². The maximum atomic E-state index is 11.4. The fraction of sp³-hybridized carbons (Fsp3) is 0.333. The monoisotopic (exact) mass is 273 g/mol.